The van der Waals surface area contributed by atoms with E-state index in [9.17, 15) is 13.2 Å². The molecule has 1 aliphatic carbocycles. The number of sulfone groups is 1. The van der Waals surface area contributed by atoms with Crippen LogP contribution >= 0.6 is 0 Å². The summed E-state index contributed by atoms with van der Waals surface area (Å²) in [5, 5.41) is 12.0. The van der Waals surface area contributed by atoms with Crippen LogP contribution < -0.4 is 5.73 Å². The van der Waals surface area contributed by atoms with E-state index in [0.717, 1.165) is 12.8 Å². The Hall–Kier alpha value is -1.31. The second kappa shape index (κ2) is 5.59. The largest absolute Gasteiger partial charge is 0.409 e. The molecule has 8 heteroatoms. The number of carbonyl (C=O) groups excluding carboxylic acids is 1. The Morgan fingerprint density at radius 1 is 1.15 bits per heavy atom. The highest BCUT2D eigenvalue weighted by Gasteiger charge is 2.47. The average Bonchev–Trinajstić information content (AvgIpc) is 2.84. The Balaban J connectivity index is 2.20. The van der Waals surface area contributed by atoms with Crippen molar-refractivity contribution >= 4 is 21.6 Å². The first-order chi connectivity index (χ1) is 9.41. The van der Waals surface area contributed by atoms with Crippen LogP contribution in [0, 0.1) is 5.41 Å². The van der Waals surface area contributed by atoms with E-state index in [-0.39, 0.29) is 29.8 Å². The van der Waals surface area contributed by atoms with Crippen molar-refractivity contribution in [1.29, 1.82) is 0 Å². The predicted molar refractivity (Wildman–Crippen MR) is 74.2 cm³/mol. The third kappa shape index (κ3) is 2.74. The number of nitrogens with zero attached hydrogens (tertiary/aromatic N) is 2. The topological polar surface area (TPSA) is 113 Å². The van der Waals surface area contributed by atoms with Crippen molar-refractivity contribution in [2.24, 2.45) is 16.3 Å². The fourth-order valence-electron chi connectivity index (χ4n) is 3.10. The van der Waals surface area contributed by atoms with E-state index in [4.69, 9.17) is 10.9 Å². The lowest BCUT2D eigenvalue weighted by Crippen LogP contribution is -2.50. The number of hydrogen-bond acceptors (Lipinski definition) is 5. The van der Waals surface area contributed by atoms with Crippen LogP contribution in [0.5, 0.6) is 0 Å². The molecule has 20 heavy (non-hydrogen) atoms. The summed E-state index contributed by atoms with van der Waals surface area (Å²) in [5.41, 5.74) is 4.81. The molecule has 0 spiro atoms. The zero-order valence-corrected chi connectivity index (χ0v) is 12.2. The van der Waals surface area contributed by atoms with E-state index in [1.165, 1.54) is 0 Å². The molecule has 1 amide bonds. The molecule has 0 aromatic rings. The quantitative estimate of drug-likeness (QED) is 0.321. The van der Waals surface area contributed by atoms with Crippen molar-refractivity contribution < 1.29 is 18.4 Å². The second-order valence-corrected chi connectivity index (χ2v) is 7.88. The Bertz CT molecular complexity index is 509. The second-order valence-electron chi connectivity index (χ2n) is 5.57. The molecule has 7 nitrogen and oxygen atoms in total. The number of nitrogens with two attached hydrogens (primary N) is 1. The Morgan fingerprint density at radius 3 is 2.40 bits per heavy atom. The van der Waals surface area contributed by atoms with Crippen LogP contribution in [0.1, 0.15) is 32.1 Å². The van der Waals surface area contributed by atoms with Crippen molar-refractivity contribution in [2.75, 3.05) is 24.6 Å². The van der Waals surface area contributed by atoms with Gasteiger partial charge in [-0.25, -0.2) is 8.42 Å². The van der Waals surface area contributed by atoms with E-state index >= 15 is 0 Å². The molecular formula is C12H21N3O4S. The summed E-state index contributed by atoms with van der Waals surface area (Å²) in [6.45, 7) is 0.611. The molecule has 3 N–H and O–H groups in total. The lowest BCUT2D eigenvalue weighted by molar-refractivity contribution is -0.138. The smallest absolute Gasteiger partial charge is 0.236 e. The zero-order chi connectivity index (χ0) is 14.8. The van der Waals surface area contributed by atoms with Crippen LogP contribution in [0.15, 0.2) is 5.16 Å². The summed E-state index contributed by atoms with van der Waals surface area (Å²) in [6.07, 6.45) is 3.28. The van der Waals surface area contributed by atoms with E-state index in [2.05, 4.69) is 5.16 Å². The highest BCUT2D eigenvalue weighted by molar-refractivity contribution is 7.91. The third-order valence-corrected chi connectivity index (χ3v) is 6.02. The van der Waals surface area contributed by atoms with E-state index in [1.807, 2.05) is 0 Å². The van der Waals surface area contributed by atoms with Gasteiger partial charge in [-0.3, -0.25) is 4.79 Å². The zero-order valence-electron chi connectivity index (χ0n) is 11.4. The number of oxime groups is 1. The van der Waals surface area contributed by atoms with Gasteiger partial charge in [-0.2, -0.15) is 0 Å². The molecule has 1 aliphatic heterocycles. The van der Waals surface area contributed by atoms with Crippen molar-refractivity contribution in [3.8, 4) is 0 Å². The molecule has 0 bridgehead atoms. The summed E-state index contributed by atoms with van der Waals surface area (Å²) < 4.78 is 23.2. The van der Waals surface area contributed by atoms with Crippen molar-refractivity contribution in [2.45, 2.75) is 32.1 Å². The number of rotatable bonds is 2. The van der Waals surface area contributed by atoms with Gasteiger partial charge in [-0.15, -0.1) is 0 Å². The van der Waals surface area contributed by atoms with E-state index < -0.39 is 15.3 Å². The summed E-state index contributed by atoms with van der Waals surface area (Å²) in [7, 11) is -3.06. The Morgan fingerprint density at radius 2 is 1.80 bits per heavy atom. The van der Waals surface area contributed by atoms with Crippen molar-refractivity contribution in [3.05, 3.63) is 0 Å². The highest BCUT2D eigenvalue weighted by atomic mass is 32.2. The molecule has 0 aromatic carbocycles. The van der Waals surface area contributed by atoms with Gasteiger partial charge in [0.05, 0.1) is 11.5 Å². The van der Waals surface area contributed by atoms with E-state index in [1.54, 1.807) is 4.90 Å². The Kier molecular flexibility index (Phi) is 4.22. The van der Waals surface area contributed by atoms with Gasteiger partial charge in [0.25, 0.3) is 0 Å². The van der Waals surface area contributed by atoms with Crippen LogP contribution in [0.2, 0.25) is 0 Å². The van der Waals surface area contributed by atoms with E-state index in [0.29, 0.717) is 25.8 Å². The summed E-state index contributed by atoms with van der Waals surface area (Å²) in [4.78, 5) is 14.3. The van der Waals surface area contributed by atoms with Crippen LogP contribution in [0.25, 0.3) is 0 Å². The number of hydrogen-bond donors (Lipinski definition) is 2. The maximum absolute atomic E-state index is 12.7. The molecule has 114 valence electrons. The van der Waals surface area contributed by atoms with Gasteiger partial charge in [0.15, 0.2) is 15.7 Å². The van der Waals surface area contributed by atoms with Crippen LogP contribution in [-0.2, 0) is 14.6 Å². The fraction of sp³-hybridized carbons (Fsp3) is 0.833. The molecule has 2 aliphatic rings. The first-order valence-electron chi connectivity index (χ1n) is 6.89. The standard InChI is InChI=1S/C12H21N3O4S/c13-10(14-17)12(4-1-2-5-12)11(16)15-6-3-8-20(18,19)9-7-15/h17H,1-9H2,(H2,13,14). The molecule has 1 heterocycles. The summed E-state index contributed by atoms with van der Waals surface area (Å²) >= 11 is 0. The van der Waals surface area contributed by atoms with Gasteiger partial charge >= 0.3 is 0 Å². The summed E-state index contributed by atoms with van der Waals surface area (Å²) in [5.74, 6) is -0.132. The normalized spacial score (nSPS) is 26.2. The van der Waals surface area contributed by atoms with Gasteiger partial charge in [-0.1, -0.05) is 18.0 Å². The molecule has 0 unspecified atom stereocenters. The van der Waals surface area contributed by atoms with Crippen LogP contribution in [-0.4, -0.2) is 54.9 Å². The predicted octanol–water partition coefficient (Wildman–Crippen LogP) is -0.0597. The minimum atomic E-state index is -3.06. The van der Waals surface area contributed by atoms with Crippen molar-refractivity contribution in [3.63, 3.8) is 0 Å². The molecule has 2 fully saturated rings. The average molecular weight is 303 g/mol. The third-order valence-electron chi connectivity index (χ3n) is 4.31. The highest BCUT2D eigenvalue weighted by Crippen LogP contribution is 2.40. The monoisotopic (exact) mass is 303 g/mol. The van der Waals surface area contributed by atoms with Gasteiger partial charge in [0.2, 0.25) is 5.91 Å². The minimum Gasteiger partial charge on any atom is -0.409 e. The number of carbonyl (C=O) groups is 1. The lowest BCUT2D eigenvalue weighted by atomic mass is 9.83. The molecule has 0 radical (unpaired) electrons. The molecular weight excluding hydrogens is 282 g/mol. The fourth-order valence-corrected chi connectivity index (χ4v) is 4.37. The van der Waals surface area contributed by atoms with Gasteiger partial charge in [0, 0.05) is 13.1 Å². The molecule has 1 saturated heterocycles. The molecule has 2 rings (SSSR count). The lowest BCUT2D eigenvalue weighted by Gasteiger charge is -2.32. The SMILES string of the molecule is NC(=NO)C1(C(=O)N2CCCS(=O)(=O)CC2)CCCC1. The van der Waals surface area contributed by atoms with Crippen molar-refractivity contribution in [1.82, 2.24) is 4.90 Å². The minimum absolute atomic E-state index is 0.00894. The first kappa shape index (κ1) is 15.1. The van der Waals surface area contributed by atoms with Gasteiger partial charge in [0.1, 0.15) is 5.41 Å². The maximum Gasteiger partial charge on any atom is 0.236 e. The number of amides is 1. The van der Waals surface area contributed by atoms with Gasteiger partial charge < -0.3 is 15.8 Å². The maximum atomic E-state index is 12.7. The molecule has 0 aromatic heterocycles. The molecule has 1 saturated carbocycles. The number of amidine groups is 1. The Labute approximate surface area is 118 Å². The van der Waals surface area contributed by atoms with Crippen LogP contribution in [0.3, 0.4) is 0 Å². The summed E-state index contributed by atoms with van der Waals surface area (Å²) in [6, 6.07) is 0. The molecule has 0 atom stereocenters. The first-order valence-corrected chi connectivity index (χ1v) is 8.71. The van der Waals surface area contributed by atoms with Crippen LogP contribution in [0.4, 0.5) is 0 Å². The van der Waals surface area contributed by atoms with Gasteiger partial charge in [-0.05, 0) is 19.3 Å².